The minimum atomic E-state index is -0.801. The van der Waals surface area contributed by atoms with Crippen molar-refractivity contribution in [3.8, 4) is 11.8 Å². The van der Waals surface area contributed by atoms with Crippen LogP contribution in [0.3, 0.4) is 0 Å². The van der Waals surface area contributed by atoms with Gasteiger partial charge in [-0.05, 0) is 70.9 Å². The largest absolute Gasteiger partial charge is 0.473 e. The number of aromatic nitrogens is 1. The van der Waals surface area contributed by atoms with E-state index in [-0.39, 0.29) is 30.4 Å². The number of amides is 2. The second kappa shape index (κ2) is 14.0. The fourth-order valence-electron chi connectivity index (χ4n) is 4.92. The molecule has 0 saturated carbocycles. The Morgan fingerprint density at radius 1 is 0.729 bits per heavy atom. The third-order valence-corrected chi connectivity index (χ3v) is 6.79. The van der Waals surface area contributed by atoms with Gasteiger partial charge in [-0.3, -0.25) is 15.0 Å². The molecule has 1 aliphatic rings. The van der Waals surface area contributed by atoms with Gasteiger partial charge in [0, 0.05) is 17.7 Å². The van der Waals surface area contributed by atoms with Crippen LogP contribution >= 0.6 is 0 Å². The maximum atomic E-state index is 14.3. The first-order valence-electron chi connectivity index (χ1n) is 15.5. The van der Waals surface area contributed by atoms with Gasteiger partial charge in [0.15, 0.2) is 0 Å². The van der Waals surface area contributed by atoms with E-state index in [0.29, 0.717) is 22.8 Å². The number of carbonyl (C=O) groups excluding carboxylic acids is 3. The van der Waals surface area contributed by atoms with Crippen molar-refractivity contribution in [3.63, 3.8) is 0 Å². The molecule has 3 aromatic carbocycles. The molecule has 0 bridgehead atoms. The summed E-state index contributed by atoms with van der Waals surface area (Å²) in [6.07, 6.45) is 0.425. The van der Waals surface area contributed by atoms with Gasteiger partial charge in [0.25, 0.3) is 5.91 Å². The van der Waals surface area contributed by atoms with E-state index in [2.05, 4.69) is 10.3 Å². The molecule has 48 heavy (non-hydrogen) atoms. The van der Waals surface area contributed by atoms with Crippen molar-refractivity contribution in [1.29, 1.82) is 0 Å². The normalized spacial score (nSPS) is 13.6. The molecule has 248 valence electrons. The molecular formula is C38H39N3O7. The lowest BCUT2D eigenvalue weighted by molar-refractivity contribution is -0.148. The highest BCUT2D eigenvalue weighted by molar-refractivity contribution is 6.38. The van der Waals surface area contributed by atoms with Crippen LogP contribution in [0.4, 0.5) is 21.9 Å². The summed E-state index contributed by atoms with van der Waals surface area (Å²) in [6.45, 7) is 10.9. The molecule has 0 unspecified atom stereocenters. The third kappa shape index (κ3) is 8.58. The number of nitrogens with zero attached hydrogens (tertiary/aromatic N) is 2. The van der Waals surface area contributed by atoms with Crippen molar-refractivity contribution in [2.24, 2.45) is 0 Å². The number of hydrogen-bond donors (Lipinski definition) is 1. The molecule has 5 rings (SSSR count). The minimum Gasteiger partial charge on any atom is -0.473 e. The molecule has 10 heteroatoms. The second-order valence-corrected chi connectivity index (χ2v) is 13.1. The van der Waals surface area contributed by atoms with Crippen molar-refractivity contribution in [3.05, 3.63) is 114 Å². The summed E-state index contributed by atoms with van der Waals surface area (Å²) in [7, 11) is 0. The summed E-state index contributed by atoms with van der Waals surface area (Å²) in [5.41, 5.74) is 1.60. The average Bonchev–Trinajstić information content (AvgIpc) is 3.29. The molecule has 0 fully saturated rings. The molecular weight excluding hydrogens is 610 g/mol. The summed E-state index contributed by atoms with van der Waals surface area (Å²) < 4.78 is 23.2. The van der Waals surface area contributed by atoms with Crippen LogP contribution in [0.2, 0.25) is 0 Å². The van der Waals surface area contributed by atoms with E-state index in [0.717, 1.165) is 17.2 Å². The van der Waals surface area contributed by atoms with Crippen LogP contribution in [-0.4, -0.2) is 34.2 Å². The van der Waals surface area contributed by atoms with Gasteiger partial charge in [0.05, 0.1) is 16.9 Å². The lowest BCUT2D eigenvalue weighted by Gasteiger charge is -2.22. The molecule has 0 aliphatic carbocycles. The van der Waals surface area contributed by atoms with Crippen LogP contribution in [0.15, 0.2) is 97.1 Å². The Balaban J connectivity index is 1.58. The summed E-state index contributed by atoms with van der Waals surface area (Å²) in [5, 5.41) is 2.75. The van der Waals surface area contributed by atoms with Crippen LogP contribution in [-0.2, 0) is 32.3 Å². The predicted octanol–water partition coefficient (Wildman–Crippen LogP) is 7.99. The van der Waals surface area contributed by atoms with Crippen molar-refractivity contribution in [2.45, 2.75) is 66.0 Å². The molecule has 0 saturated heterocycles. The number of rotatable bonds is 9. The third-order valence-electron chi connectivity index (χ3n) is 6.79. The lowest BCUT2D eigenvalue weighted by atomic mass is 10.0. The molecule has 0 atom stereocenters. The highest BCUT2D eigenvalue weighted by Gasteiger charge is 2.39. The van der Waals surface area contributed by atoms with E-state index < -0.39 is 29.2 Å². The fraction of sp³-hybridized carbons (Fsp3) is 0.263. The summed E-state index contributed by atoms with van der Waals surface area (Å²) in [4.78, 5) is 46.3. The van der Waals surface area contributed by atoms with Gasteiger partial charge in [-0.1, -0.05) is 66.7 Å². The van der Waals surface area contributed by atoms with Crippen molar-refractivity contribution >= 4 is 40.6 Å². The smallest absolute Gasteiger partial charge is 0.412 e. The summed E-state index contributed by atoms with van der Waals surface area (Å²) in [6, 6.07) is 27.6. The number of anilines is 3. The van der Waals surface area contributed by atoms with Crippen molar-refractivity contribution < 1.29 is 33.3 Å². The summed E-state index contributed by atoms with van der Waals surface area (Å²) in [5.74, 6) is -0.831. The average molecular weight is 650 g/mol. The maximum absolute atomic E-state index is 14.3. The zero-order chi connectivity index (χ0) is 34.5. The summed E-state index contributed by atoms with van der Waals surface area (Å²) >= 11 is 0. The molecule has 2 amide bonds. The quantitative estimate of drug-likeness (QED) is 0.143. The monoisotopic (exact) mass is 649 g/mol. The topological polar surface area (TPSA) is 116 Å². The predicted molar refractivity (Wildman–Crippen MR) is 183 cm³/mol. The number of benzene rings is 3. The number of hydrogen-bond acceptors (Lipinski definition) is 8. The second-order valence-electron chi connectivity index (χ2n) is 13.1. The molecule has 2 heterocycles. The number of fused-ring (bicyclic) bond motifs is 1. The van der Waals surface area contributed by atoms with Gasteiger partial charge in [0.1, 0.15) is 30.1 Å². The minimum absolute atomic E-state index is 0.0179. The lowest BCUT2D eigenvalue weighted by Crippen LogP contribution is -2.27. The van der Waals surface area contributed by atoms with Crippen LogP contribution in [0.25, 0.3) is 5.57 Å². The Morgan fingerprint density at radius 2 is 1.33 bits per heavy atom. The molecule has 1 aliphatic heterocycles. The number of ether oxygens (including phenoxy) is 4. The highest BCUT2D eigenvalue weighted by atomic mass is 16.6. The zero-order valence-electron chi connectivity index (χ0n) is 27.9. The van der Waals surface area contributed by atoms with Crippen LogP contribution in [0, 0.1) is 0 Å². The van der Waals surface area contributed by atoms with Gasteiger partial charge < -0.3 is 18.9 Å². The zero-order valence-corrected chi connectivity index (χ0v) is 27.9. The number of esters is 1. The number of carbonyl (C=O) groups is 3. The molecule has 1 N–H and O–H groups in total. The Hall–Kier alpha value is -5.64. The van der Waals surface area contributed by atoms with Gasteiger partial charge in [-0.2, -0.15) is 4.98 Å². The Morgan fingerprint density at radius 3 is 1.94 bits per heavy atom. The van der Waals surface area contributed by atoms with E-state index in [1.54, 1.807) is 71.9 Å². The van der Waals surface area contributed by atoms with Crippen molar-refractivity contribution in [1.82, 2.24) is 4.98 Å². The van der Waals surface area contributed by atoms with Crippen LogP contribution in [0.1, 0.15) is 58.2 Å². The Labute approximate surface area is 280 Å². The Kier molecular flexibility index (Phi) is 9.84. The molecule has 10 nitrogen and oxygen atoms in total. The fourth-order valence-corrected chi connectivity index (χ4v) is 4.92. The van der Waals surface area contributed by atoms with E-state index in [9.17, 15) is 14.4 Å². The first-order chi connectivity index (χ1) is 22.8. The van der Waals surface area contributed by atoms with Gasteiger partial charge in [-0.15, -0.1) is 0 Å². The molecule has 0 spiro atoms. The van der Waals surface area contributed by atoms with Crippen LogP contribution in [0.5, 0.6) is 11.8 Å². The van der Waals surface area contributed by atoms with E-state index >= 15 is 0 Å². The van der Waals surface area contributed by atoms with Crippen molar-refractivity contribution in [2.75, 3.05) is 10.2 Å². The standard InChI is InChI=1S/C38H39N3O7/c1-37(2,3)47-32(42)22-27-33-28(39-36(44)48-38(4,5)6)18-13-19-29(33)41(35(27)43)30-20-21-31(45-23-25-14-9-7-10-15-25)40-34(30)46-24-26-16-11-8-12-17-26/h7-22H,23-24H2,1-6H3,(H,39,44)/b27-22-. The van der Waals surface area contributed by atoms with Gasteiger partial charge >= 0.3 is 12.1 Å². The first kappa shape index (κ1) is 33.7. The van der Waals surface area contributed by atoms with Gasteiger partial charge in [0.2, 0.25) is 11.8 Å². The van der Waals surface area contributed by atoms with E-state index in [1.807, 2.05) is 60.7 Å². The molecule has 1 aromatic heterocycles. The van der Waals surface area contributed by atoms with Gasteiger partial charge in [-0.25, -0.2) is 9.59 Å². The number of pyridine rings is 1. The number of nitrogens with one attached hydrogen (secondary N) is 1. The van der Waals surface area contributed by atoms with E-state index in [4.69, 9.17) is 18.9 Å². The Bertz CT molecular complexity index is 1820. The SMILES string of the molecule is CC(C)(C)OC(=O)/C=C1\C(=O)N(c2ccc(OCc3ccccc3)nc2OCc2ccccc2)c2cccc(NC(=O)OC(C)(C)C)c21. The highest BCUT2D eigenvalue weighted by Crippen LogP contribution is 2.48. The molecule has 0 radical (unpaired) electrons. The molecule has 4 aromatic rings. The first-order valence-corrected chi connectivity index (χ1v) is 15.5. The van der Waals surface area contributed by atoms with Crippen LogP contribution < -0.4 is 19.7 Å². The van der Waals surface area contributed by atoms with E-state index in [1.165, 1.54) is 4.90 Å². The maximum Gasteiger partial charge on any atom is 0.412 e.